The number of aliphatic hydroxyl groups excluding tert-OH is 1. The lowest BCUT2D eigenvalue weighted by Crippen LogP contribution is -2.56. The van der Waals surface area contributed by atoms with Gasteiger partial charge in [-0.1, -0.05) is 11.6 Å². The van der Waals surface area contributed by atoms with E-state index in [1.54, 1.807) is 6.20 Å². The third-order valence-electron chi connectivity index (χ3n) is 9.00. The summed E-state index contributed by atoms with van der Waals surface area (Å²) >= 11 is 6.73. The van der Waals surface area contributed by atoms with Gasteiger partial charge in [0.25, 0.3) is 0 Å². The molecule has 4 aliphatic rings. The number of nitrogens with one attached hydrogen (secondary N) is 1. The summed E-state index contributed by atoms with van der Waals surface area (Å²) < 4.78 is 11.4. The second-order valence-corrected chi connectivity index (χ2v) is 11.7. The number of piperidine rings is 1. The van der Waals surface area contributed by atoms with E-state index in [2.05, 4.69) is 28.2 Å². The highest BCUT2D eigenvalue weighted by Crippen LogP contribution is 2.45. The van der Waals surface area contributed by atoms with Crippen molar-refractivity contribution in [2.75, 3.05) is 38.2 Å². The van der Waals surface area contributed by atoms with Gasteiger partial charge in [-0.15, -0.1) is 0 Å². The van der Waals surface area contributed by atoms with Crippen LogP contribution in [0.5, 0.6) is 0 Å². The van der Waals surface area contributed by atoms with E-state index in [9.17, 15) is 9.90 Å². The highest BCUT2D eigenvalue weighted by Gasteiger charge is 2.48. The van der Waals surface area contributed by atoms with Crippen LogP contribution >= 0.6 is 11.6 Å². The van der Waals surface area contributed by atoms with Gasteiger partial charge in [0.1, 0.15) is 5.82 Å². The minimum absolute atomic E-state index is 0.0298. The number of anilines is 1. The number of hydrogen-bond donors (Lipinski definition) is 2. The van der Waals surface area contributed by atoms with Crippen molar-refractivity contribution >= 4 is 34.1 Å². The number of pyridine rings is 1. The Morgan fingerprint density at radius 3 is 2.75 bits per heavy atom. The topological polar surface area (TPSA) is 83.9 Å². The lowest BCUT2D eigenvalue weighted by atomic mass is 9.85. The van der Waals surface area contributed by atoms with E-state index in [0.29, 0.717) is 30.9 Å². The Balaban J connectivity index is 1.13. The molecule has 1 amide bonds. The molecular weight excluding hydrogens is 478 g/mol. The van der Waals surface area contributed by atoms with E-state index >= 15 is 0 Å². The van der Waals surface area contributed by atoms with E-state index in [0.717, 1.165) is 73.2 Å². The number of ether oxygens (including phenoxy) is 2. The number of aliphatic hydroxyl groups is 1. The number of benzene rings is 1. The summed E-state index contributed by atoms with van der Waals surface area (Å²) in [6.45, 7) is 5.72. The first-order valence-corrected chi connectivity index (χ1v) is 13.8. The van der Waals surface area contributed by atoms with Crippen LogP contribution in [-0.2, 0) is 14.3 Å². The fourth-order valence-electron chi connectivity index (χ4n) is 6.47. The second kappa shape index (κ2) is 9.84. The van der Waals surface area contributed by atoms with Crippen LogP contribution in [0.4, 0.5) is 5.82 Å². The van der Waals surface area contributed by atoms with Crippen molar-refractivity contribution in [3.05, 3.63) is 35.0 Å². The molecule has 1 saturated carbocycles. The van der Waals surface area contributed by atoms with Gasteiger partial charge >= 0.3 is 0 Å². The van der Waals surface area contributed by atoms with Gasteiger partial charge in [-0.05, 0) is 99.5 Å². The van der Waals surface area contributed by atoms with E-state index in [4.69, 9.17) is 21.1 Å². The lowest BCUT2D eigenvalue weighted by Gasteiger charge is -2.43. The molecule has 3 saturated heterocycles. The first-order valence-electron chi connectivity index (χ1n) is 13.4. The number of aromatic nitrogens is 1. The number of halogens is 1. The summed E-state index contributed by atoms with van der Waals surface area (Å²) in [7, 11) is 0. The van der Waals surface area contributed by atoms with Crippen LogP contribution in [0.3, 0.4) is 0 Å². The Bertz CT molecular complexity index is 1130. The Kier molecular flexibility index (Phi) is 6.71. The fraction of sp³-hybridized carbons (Fsp3) is 0.643. The van der Waals surface area contributed by atoms with Crippen molar-refractivity contribution < 1.29 is 19.4 Å². The van der Waals surface area contributed by atoms with Gasteiger partial charge in [0.05, 0.1) is 31.0 Å². The van der Waals surface area contributed by atoms with Gasteiger partial charge < -0.3 is 19.9 Å². The minimum atomic E-state index is -0.444. The number of likely N-dealkylation sites (tertiary alicyclic amines) is 1. The molecule has 1 aromatic heterocycles. The van der Waals surface area contributed by atoms with Crippen LogP contribution in [0.15, 0.2) is 24.4 Å². The molecule has 0 bridgehead atoms. The average molecular weight is 514 g/mol. The van der Waals surface area contributed by atoms with E-state index in [1.165, 1.54) is 6.42 Å². The van der Waals surface area contributed by atoms with Crippen LogP contribution < -0.4 is 5.32 Å². The molecule has 2 N–H and O–H groups in total. The van der Waals surface area contributed by atoms with E-state index < -0.39 is 6.10 Å². The van der Waals surface area contributed by atoms with E-state index in [-0.39, 0.29) is 23.5 Å². The zero-order valence-corrected chi connectivity index (χ0v) is 21.7. The van der Waals surface area contributed by atoms with Crippen molar-refractivity contribution in [1.29, 1.82) is 0 Å². The van der Waals surface area contributed by atoms with Gasteiger partial charge in [-0.25, -0.2) is 4.98 Å². The molecule has 4 heterocycles. The molecule has 2 aromatic rings. The maximum atomic E-state index is 12.9. The molecule has 194 valence electrons. The van der Waals surface area contributed by atoms with Gasteiger partial charge in [0.15, 0.2) is 0 Å². The summed E-state index contributed by atoms with van der Waals surface area (Å²) in [6, 6.07) is 6.12. The number of fused-ring (bicyclic) bond motifs is 1. The first-order chi connectivity index (χ1) is 17.4. The largest absolute Gasteiger partial charge is 0.389 e. The van der Waals surface area contributed by atoms with Crippen LogP contribution in [0, 0.1) is 11.8 Å². The lowest BCUT2D eigenvalue weighted by molar-refractivity contribution is -0.118. The fourth-order valence-corrected chi connectivity index (χ4v) is 6.80. The van der Waals surface area contributed by atoms with Crippen molar-refractivity contribution in [3.8, 4) is 0 Å². The molecule has 1 aliphatic carbocycles. The molecule has 3 aliphatic heterocycles. The smallest absolute Gasteiger partial charge is 0.229 e. The van der Waals surface area contributed by atoms with Crippen LogP contribution in [-0.4, -0.2) is 71.6 Å². The molecule has 1 aromatic carbocycles. The standard InChI is InChI=1S/C28H36ClN3O4/c1-28(16-35-15-25(28)33)32-7-5-17(6-8-32)20-10-18-12-26(30-14-19(18)11-23(20)29)31-27(34)22-13-21(22)24-4-2-3-9-36-24/h10-12,14,17,21-22,24-25,33H,2-9,13,15-16H2,1H3,(H,30,31,34)/t21?,22?,24?,25-,28+/m1/s1. The Hall–Kier alpha value is -1.77. The number of hydrogen-bond acceptors (Lipinski definition) is 6. The van der Waals surface area contributed by atoms with Gasteiger partial charge in [0, 0.05) is 29.1 Å². The summed E-state index contributed by atoms with van der Waals surface area (Å²) in [5.41, 5.74) is 0.845. The van der Waals surface area contributed by atoms with Gasteiger partial charge in [-0.3, -0.25) is 9.69 Å². The summed E-state index contributed by atoms with van der Waals surface area (Å²) in [6.07, 6.45) is 7.85. The maximum absolute atomic E-state index is 12.9. The van der Waals surface area contributed by atoms with Crippen molar-refractivity contribution in [2.45, 2.75) is 69.1 Å². The highest BCUT2D eigenvalue weighted by molar-refractivity contribution is 6.32. The molecule has 0 radical (unpaired) electrons. The highest BCUT2D eigenvalue weighted by atomic mass is 35.5. The molecule has 3 unspecified atom stereocenters. The zero-order chi connectivity index (χ0) is 24.9. The van der Waals surface area contributed by atoms with Gasteiger partial charge in [-0.2, -0.15) is 0 Å². The minimum Gasteiger partial charge on any atom is -0.389 e. The molecule has 36 heavy (non-hydrogen) atoms. The van der Waals surface area contributed by atoms with Crippen LogP contribution in [0.25, 0.3) is 10.8 Å². The number of carbonyl (C=O) groups excluding carboxylic acids is 1. The average Bonchev–Trinajstić information content (AvgIpc) is 3.63. The zero-order valence-electron chi connectivity index (χ0n) is 20.9. The summed E-state index contributed by atoms with van der Waals surface area (Å²) in [4.78, 5) is 19.7. The van der Waals surface area contributed by atoms with E-state index in [1.807, 2.05) is 12.1 Å². The maximum Gasteiger partial charge on any atom is 0.229 e. The van der Waals surface area contributed by atoms with Gasteiger partial charge in [0.2, 0.25) is 5.91 Å². The number of amides is 1. The van der Waals surface area contributed by atoms with Crippen LogP contribution in [0.2, 0.25) is 5.02 Å². The molecule has 6 rings (SSSR count). The first kappa shape index (κ1) is 24.6. The molecule has 4 fully saturated rings. The molecular formula is C28H36ClN3O4. The normalized spacial score (nSPS) is 33.6. The van der Waals surface area contributed by atoms with Crippen LogP contribution in [0.1, 0.15) is 56.9 Å². The summed E-state index contributed by atoms with van der Waals surface area (Å²) in [5, 5.41) is 16.2. The number of nitrogens with zero attached hydrogens (tertiary/aromatic N) is 2. The predicted molar refractivity (Wildman–Crippen MR) is 139 cm³/mol. The predicted octanol–water partition coefficient (Wildman–Crippen LogP) is 4.36. The number of rotatable bonds is 5. The Labute approximate surface area is 217 Å². The van der Waals surface area contributed by atoms with Crippen molar-refractivity contribution in [1.82, 2.24) is 9.88 Å². The Morgan fingerprint density at radius 2 is 2.03 bits per heavy atom. The van der Waals surface area contributed by atoms with Crippen molar-refractivity contribution in [2.24, 2.45) is 11.8 Å². The Morgan fingerprint density at radius 1 is 1.19 bits per heavy atom. The molecule has 5 atom stereocenters. The SMILES string of the molecule is C[C@]1(N2CCC(c3cc4cc(NC(=O)C5CC5C5CCCCO5)ncc4cc3Cl)CC2)COC[C@H]1O. The summed E-state index contributed by atoms with van der Waals surface area (Å²) in [5.74, 6) is 1.38. The number of carbonyl (C=O) groups is 1. The second-order valence-electron chi connectivity index (χ2n) is 11.3. The quantitative estimate of drug-likeness (QED) is 0.618. The molecule has 0 spiro atoms. The monoisotopic (exact) mass is 513 g/mol. The third kappa shape index (κ3) is 4.65. The van der Waals surface area contributed by atoms with Crippen molar-refractivity contribution in [3.63, 3.8) is 0 Å². The molecule has 8 heteroatoms. The molecule has 7 nitrogen and oxygen atoms in total. The third-order valence-corrected chi connectivity index (χ3v) is 9.33.